The Bertz CT molecular complexity index is 1080. The molecule has 2 N–H and O–H groups in total. The summed E-state index contributed by atoms with van der Waals surface area (Å²) in [5.74, 6) is 0.0175. The van der Waals surface area contributed by atoms with E-state index in [4.69, 9.17) is 23.7 Å². The third-order valence-corrected chi connectivity index (χ3v) is 12.5. The molecule has 41 heavy (non-hydrogen) atoms. The highest BCUT2D eigenvalue weighted by Gasteiger charge is 2.71. The molecule has 6 rings (SSSR count). The monoisotopic (exact) mass is 576 g/mol. The van der Waals surface area contributed by atoms with E-state index in [-0.39, 0.29) is 60.4 Å². The molecule has 4 saturated carbocycles. The van der Waals surface area contributed by atoms with Gasteiger partial charge < -0.3 is 33.9 Å². The van der Waals surface area contributed by atoms with E-state index in [1.807, 2.05) is 6.92 Å². The molecule has 230 valence electrons. The van der Waals surface area contributed by atoms with Gasteiger partial charge >= 0.3 is 11.9 Å². The SMILES string of the molecule is COC1CC(O[C@H]2CC[C@@]3(C)C(CCC4C3CC[C@]3(C)[C@@H](C5=CC(=O)OC5)[C@@H](OC(C)=O)C[C@]43O)C2)OC(C)C1O. The molecule has 0 aromatic carbocycles. The maximum Gasteiger partial charge on any atom is 0.331 e. The lowest BCUT2D eigenvalue weighted by molar-refractivity contribution is -0.273. The zero-order valence-electron chi connectivity index (χ0n) is 25.2. The fourth-order valence-electron chi connectivity index (χ4n) is 10.4. The van der Waals surface area contributed by atoms with Gasteiger partial charge in [0, 0.05) is 44.3 Å². The lowest BCUT2D eigenvalue weighted by atomic mass is 9.43. The van der Waals surface area contributed by atoms with Crippen LogP contribution in [0.5, 0.6) is 0 Å². The van der Waals surface area contributed by atoms with E-state index < -0.39 is 23.2 Å². The average molecular weight is 577 g/mol. The van der Waals surface area contributed by atoms with Gasteiger partial charge in [-0.2, -0.15) is 0 Å². The minimum Gasteiger partial charge on any atom is -0.462 e. The van der Waals surface area contributed by atoms with Crippen LogP contribution in [0.15, 0.2) is 11.6 Å². The standard InChI is InChI=1S/C32H48O9/c1-17-29(35)24(37-5)14-27(39-17)41-21-8-10-30(3)20(13-21)6-7-23-22(30)9-11-31(4)28(19-12-26(34)38-16-19)25(40-18(2)33)15-32(23,31)36/h12,17,20-25,27-29,35-36H,6-11,13-16H2,1-5H3/t17?,20?,21-,22?,23?,24?,25-,27?,28-,29?,30-,31+,32-/m0/s1. The zero-order chi connectivity index (χ0) is 29.3. The molecule has 0 spiro atoms. The molecule has 6 aliphatic rings. The van der Waals surface area contributed by atoms with Crippen LogP contribution in [0.25, 0.3) is 0 Å². The lowest BCUT2D eigenvalue weighted by Crippen LogP contribution is -2.62. The third kappa shape index (κ3) is 4.69. The van der Waals surface area contributed by atoms with Gasteiger partial charge in [0.15, 0.2) is 6.29 Å². The summed E-state index contributed by atoms with van der Waals surface area (Å²) in [7, 11) is 1.62. The van der Waals surface area contributed by atoms with E-state index >= 15 is 0 Å². The van der Waals surface area contributed by atoms with Crippen LogP contribution >= 0.6 is 0 Å². The number of aliphatic hydroxyl groups excluding tert-OH is 1. The summed E-state index contributed by atoms with van der Waals surface area (Å²) >= 11 is 0. The second kappa shape index (κ2) is 10.6. The van der Waals surface area contributed by atoms with Crippen molar-refractivity contribution in [1.29, 1.82) is 0 Å². The van der Waals surface area contributed by atoms with Gasteiger partial charge in [0.05, 0.1) is 23.9 Å². The number of methoxy groups -OCH3 is 1. The first-order valence-electron chi connectivity index (χ1n) is 15.7. The summed E-state index contributed by atoms with van der Waals surface area (Å²) in [6.07, 6.45) is 7.14. The van der Waals surface area contributed by atoms with Gasteiger partial charge in [0.1, 0.15) is 18.8 Å². The van der Waals surface area contributed by atoms with Gasteiger partial charge in [0.2, 0.25) is 0 Å². The first-order valence-corrected chi connectivity index (χ1v) is 15.7. The van der Waals surface area contributed by atoms with Crippen LogP contribution in [-0.2, 0) is 33.3 Å². The highest BCUT2D eigenvalue weighted by molar-refractivity contribution is 5.85. The Hall–Kier alpha value is -1.52. The second-order valence-corrected chi connectivity index (χ2v) is 14.3. The Morgan fingerprint density at radius 2 is 1.85 bits per heavy atom. The number of carbonyl (C=O) groups excluding carboxylic acids is 2. The Morgan fingerprint density at radius 3 is 2.54 bits per heavy atom. The molecule has 2 heterocycles. The first-order chi connectivity index (χ1) is 19.4. The van der Waals surface area contributed by atoms with E-state index in [9.17, 15) is 19.8 Å². The van der Waals surface area contributed by atoms with Crippen molar-refractivity contribution in [2.45, 2.75) is 128 Å². The van der Waals surface area contributed by atoms with Crippen molar-refractivity contribution in [3.05, 3.63) is 11.6 Å². The molecule has 4 aliphatic carbocycles. The molecule has 5 fully saturated rings. The summed E-state index contributed by atoms with van der Waals surface area (Å²) in [5.41, 5.74) is -0.559. The predicted octanol–water partition coefficient (Wildman–Crippen LogP) is 3.68. The molecule has 9 nitrogen and oxygen atoms in total. The molecule has 0 bridgehead atoms. The smallest absolute Gasteiger partial charge is 0.331 e. The minimum atomic E-state index is -0.990. The molecule has 7 unspecified atom stereocenters. The van der Waals surface area contributed by atoms with Gasteiger partial charge in [-0.25, -0.2) is 4.79 Å². The maximum atomic E-state index is 12.7. The summed E-state index contributed by atoms with van der Waals surface area (Å²) in [6, 6.07) is 0. The van der Waals surface area contributed by atoms with Gasteiger partial charge in [-0.05, 0) is 80.6 Å². The van der Waals surface area contributed by atoms with Crippen molar-refractivity contribution in [3.63, 3.8) is 0 Å². The normalized spacial score (nSPS) is 51.2. The highest BCUT2D eigenvalue weighted by atomic mass is 16.7. The highest BCUT2D eigenvalue weighted by Crippen LogP contribution is 2.70. The molecule has 0 aromatic heterocycles. The van der Waals surface area contributed by atoms with E-state index in [1.165, 1.54) is 6.92 Å². The molecular weight excluding hydrogens is 528 g/mol. The Labute approximate surface area is 243 Å². The largest absolute Gasteiger partial charge is 0.462 e. The number of hydrogen-bond donors (Lipinski definition) is 2. The molecule has 0 amide bonds. The lowest BCUT2D eigenvalue weighted by Gasteiger charge is -2.63. The topological polar surface area (TPSA) is 121 Å². The number of aliphatic hydroxyl groups is 2. The van der Waals surface area contributed by atoms with Crippen LogP contribution in [0, 0.1) is 34.5 Å². The zero-order valence-corrected chi connectivity index (χ0v) is 25.2. The van der Waals surface area contributed by atoms with Crippen LogP contribution < -0.4 is 0 Å². The van der Waals surface area contributed by atoms with Crippen molar-refractivity contribution in [3.8, 4) is 0 Å². The Kier molecular flexibility index (Phi) is 7.62. The van der Waals surface area contributed by atoms with E-state index in [0.717, 1.165) is 50.5 Å². The number of fused-ring (bicyclic) bond motifs is 5. The van der Waals surface area contributed by atoms with Crippen LogP contribution in [0.1, 0.15) is 85.5 Å². The van der Waals surface area contributed by atoms with Gasteiger partial charge in [-0.3, -0.25) is 4.79 Å². The molecule has 0 aromatic rings. The Balaban J connectivity index is 1.19. The first kappa shape index (κ1) is 29.5. The van der Waals surface area contributed by atoms with Crippen molar-refractivity contribution >= 4 is 11.9 Å². The molecule has 13 atom stereocenters. The average Bonchev–Trinajstić information content (AvgIpc) is 3.42. The number of hydrogen-bond acceptors (Lipinski definition) is 9. The Morgan fingerprint density at radius 1 is 1.07 bits per heavy atom. The van der Waals surface area contributed by atoms with Gasteiger partial charge in [0.25, 0.3) is 0 Å². The summed E-state index contributed by atoms with van der Waals surface area (Å²) in [5, 5.41) is 23.0. The minimum absolute atomic E-state index is 0.0898. The number of carbonyl (C=O) groups is 2. The molecule has 9 heteroatoms. The maximum absolute atomic E-state index is 12.7. The van der Waals surface area contributed by atoms with Crippen molar-refractivity contribution in [2.75, 3.05) is 13.7 Å². The second-order valence-electron chi connectivity index (χ2n) is 14.3. The molecule has 1 saturated heterocycles. The number of cyclic esters (lactones) is 1. The molecule has 0 radical (unpaired) electrons. The third-order valence-electron chi connectivity index (χ3n) is 12.5. The van der Waals surface area contributed by atoms with Crippen LogP contribution in [0.2, 0.25) is 0 Å². The summed E-state index contributed by atoms with van der Waals surface area (Å²) in [6.45, 7) is 8.06. The van der Waals surface area contributed by atoms with Crippen LogP contribution in [0.3, 0.4) is 0 Å². The van der Waals surface area contributed by atoms with Crippen LogP contribution in [0.4, 0.5) is 0 Å². The van der Waals surface area contributed by atoms with Gasteiger partial charge in [-0.15, -0.1) is 0 Å². The predicted molar refractivity (Wildman–Crippen MR) is 147 cm³/mol. The van der Waals surface area contributed by atoms with Gasteiger partial charge in [-0.1, -0.05) is 13.8 Å². The van der Waals surface area contributed by atoms with E-state index in [1.54, 1.807) is 13.2 Å². The van der Waals surface area contributed by atoms with Crippen molar-refractivity contribution in [2.24, 2.45) is 34.5 Å². The quantitative estimate of drug-likeness (QED) is 0.373. The summed E-state index contributed by atoms with van der Waals surface area (Å²) in [4.78, 5) is 24.2. The van der Waals surface area contributed by atoms with Crippen molar-refractivity contribution in [1.82, 2.24) is 0 Å². The van der Waals surface area contributed by atoms with E-state index in [0.29, 0.717) is 24.7 Å². The summed E-state index contributed by atoms with van der Waals surface area (Å²) < 4.78 is 29.1. The van der Waals surface area contributed by atoms with Crippen LogP contribution in [-0.4, -0.2) is 78.3 Å². The number of ether oxygens (including phenoxy) is 5. The number of esters is 2. The molecule has 2 aliphatic heterocycles. The fraction of sp³-hybridized carbons (Fsp3) is 0.875. The van der Waals surface area contributed by atoms with Crippen molar-refractivity contribution < 1.29 is 43.5 Å². The fourth-order valence-corrected chi connectivity index (χ4v) is 10.4. The van der Waals surface area contributed by atoms with E-state index in [2.05, 4.69) is 13.8 Å². The number of rotatable bonds is 5. The molecular formula is C32H48O9.